The summed E-state index contributed by atoms with van der Waals surface area (Å²) in [6.07, 6.45) is 4.63. The lowest BCUT2D eigenvalue weighted by Gasteiger charge is -2.19. The van der Waals surface area contributed by atoms with Gasteiger partial charge < -0.3 is 15.4 Å². The van der Waals surface area contributed by atoms with Crippen molar-refractivity contribution in [2.75, 3.05) is 18.1 Å². The molecular weight excluding hydrogens is 268 g/mol. The van der Waals surface area contributed by atoms with Crippen molar-refractivity contribution in [3.05, 3.63) is 29.8 Å². The number of benzene rings is 1. The molecule has 1 heterocycles. The number of fused-ring (bicyclic) bond motifs is 1. The predicted octanol–water partition coefficient (Wildman–Crippen LogP) is 1.56. The van der Waals surface area contributed by atoms with Crippen LogP contribution in [0.4, 0.5) is 5.69 Å². The van der Waals surface area contributed by atoms with Crippen LogP contribution in [0.2, 0.25) is 0 Å². The molecule has 2 amide bonds. The van der Waals surface area contributed by atoms with Gasteiger partial charge in [0, 0.05) is 12.2 Å². The predicted molar refractivity (Wildman–Crippen MR) is 78.9 cm³/mol. The van der Waals surface area contributed by atoms with E-state index in [0.717, 1.165) is 24.1 Å². The smallest absolute Gasteiger partial charge is 0.253 e. The van der Waals surface area contributed by atoms with Crippen LogP contribution in [0.25, 0.3) is 0 Å². The number of anilines is 1. The van der Waals surface area contributed by atoms with E-state index in [1.165, 1.54) is 12.8 Å². The van der Waals surface area contributed by atoms with E-state index in [9.17, 15) is 9.59 Å². The summed E-state index contributed by atoms with van der Waals surface area (Å²) in [6, 6.07) is 7.43. The van der Waals surface area contributed by atoms with Crippen LogP contribution in [0.15, 0.2) is 24.3 Å². The fourth-order valence-electron chi connectivity index (χ4n) is 3.21. The summed E-state index contributed by atoms with van der Waals surface area (Å²) in [5, 5.41) is 0. The average molecular weight is 288 g/mol. The maximum atomic E-state index is 12.4. The van der Waals surface area contributed by atoms with Crippen LogP contribution in [0.5, 0.6) is 0 Å². The monoisotopic (exact) mass is 288 g/mol. The van der Waals surface area contributed by atoms with Gasteiger partial charge in [0.2, 0.25) is 5.91 Å². The Hall–Kier alpha value is -1.88. The summed E-state index contributed by atoms with van der Waals surface area (Å²) < 4.78 is 5.68. The van der Waals surface area contributed by atoms with Crippen molar-refractivity contribution >= 4 is 17.5 Å². The van der Waals surface area contributed by atoms with Crippen LogP contribution in [0.1, 0.15) is 37.2 Å². The fourth-order valence-corrected chi connectivity index (χ4v) is 3.21. The maximum absolute atomic E-state index is 12.4. The Morgan fingerprint density at radius 3 is 2.67 bits per heavy atom. The van der Waals surface area contributed by atoms with E-state index in [1.807, 2.05) is 24.3 Å². The molecule has 1 saturated carbocycles. The van der Waals surface area contributed by atoms with E-state index < -0.39 is 11.8 Å². The minimum atomic E-state index is -0.420. The second-order valence-corrected chi connectivity index (χ2v) is 5.74. The SMILES string of the molecule is NC(=O)[C@H]1CN(C(=O)COC2CCCC2)c2ccccc21. The number of hydrogen-bond donors (Lipinski definition) is 1. The van der Waals surface area contributed by atoms with Gasteiger partial charge in [0.25, 0.3) is 5.91 Å². The van der Waals surface area contributed by atoms with E-state index in [1.54, 1.807) is 4.90 Å². The number of amides is 2. The van der Waals surface area contributed by atoms with Crippen LogP contribution in [-0.4, -0.2) is 31.1 Å². The Labute approximate surface area is 124 Å². The first-order valence-electron chi connectivity index (χ1n) is 7.47. The highest BCUT2D eigenvalue weighted by Crippen LogP contribution is 2.36. The fraction of sp³-hybridized carbons (Fsp3) is 0.500. The molecule has 1 aliphatic heterocycles. The van der Waals surface area contributed by atoms with Crippen molar-refractivity contribution in [1.82, 2.24) is 0 Å². The average Bonchev–Trinajstić information content (AvgIpc) is 3.12. The summed E-state index contributed by atoms with van der Waals surface area (Å²) in [7, 11) is 0. The van der Waals surface area contributed by atoms with Gasteiger partial charge in [-0.15, -0.1) is 0 Å². The molecule has 112 valence electrons. The van der Waals surface area contributed by atoms with Gasteiger partial charge in [-0.3, -0.25) is 9.59 Å². The number of rotatable bonds is 4. The molecule has 1 aliphatic carbocycles. The largest absolute Gasteiger partial charge is 0.369 e. The molecule has 0 radical (unpaired) electrons. The second-order valence-electron chi connectivity index (χ2n) is 5.74. The van der Waals surface area contributed by atoms with Gasteiger partial charge in [0.15, 0.2) is 0 Å². The summed E-state index contributed by atoms with van der Waals surface area (Å²) in [6.45, 7) is 0.395. The Balaban J connectivity index is 1.70. The lowest BCUT2D eigenvalue weighted by molar-refractivity contribution is -0.125. The van der Waals surface area contributed by atoms with Crippen molar-refractivity contribution < 1.29 is 14.3 Å². The number of ether oxygens (including phenoxy) is 1. The third-order valence-corrected chi connectivity index (χ3v) is 4.36. The van der Waals surface area contributed by atoms with Crippen molar-refractivity contribution in [3.63, 3.8) is 0 Å². The highest BCUT2D eigenvalue weighted by Gasteiger charge is 2.35. The topological polar surface area (TPSA) is 72.6 Å². The number of nitrogens with two attached hydrogens (primary N) is 1. The molecule has 1 atom stereocenters. The summed E-state index contributed by atoms with van der Waals surface area (Å²) in [4.78, 5) is 25.6. The molecule has 5 nitrogen and oxygen atoms in total. The molecule has 3 rings (SSSR count). The molecule has 21 heavy (non-hydrogen) atoms. The van der Waals surface area contributed by atoms with Gasteiger partial charge in [-0.2, -0.15) is 0 Å². The van der Waals surface area contributed by atoms with Gasteiger partial charge in [-0.25, -0.2) is 0 Å². The van der Waals surface area contributed by atoms with Gasteiger partial charge in [0.1, 0.15) is 6.61 Å². The standard InChI is InChI=1S/C16H20N2O3/c17-16(20)13-9-18(14-8-4-3-7-12(13)14)15(19)10-21-11-5-1-2-6-11/h3-4,7-8,11,13H,1-2,5-6,9-10H2,(H2,17,20)/t13-/m0/s1. The lowest BCUT2D eigenvalue weighted by atomic mass is 10.0. The number of carbonyl (C=O) groups is 2. The molecule has 1 fully saturated rings. The van der Waals surface area contributed by atoms with Crippen LogP contribution in [0.3, 0.4) is 0 Å². The molecule has 0 aromatic heterocycles. The van der Waals surface area contributed by atoms with E-state index in [-0.39, 0.29) is 18.6 Å². The maximum Gasteiger partial charge on any atom is 0.253 e. The third kappa shape index (κ3) is 2.78. The Bertz CT molecular complexity index is 552. The minimum Gasteiger partial charge on any atom is -0.369 e. The van der Waals surface area contributed by atoms with Gasteiger partial charge in [-0.1, -0.05) is 31.0 Å². The number of carbonyl (C=O) groups excluding carboxylic acids is 2. The molecule has 5 heteroatoms. The third-order valence-electron chi connectivity index (χ3n) is 4.36. The van der Waals surface area contributed by atoms with Gasteiger partial charge >= 0.3 is 0 Å². The summed E-state index contributed by atoms with van der Waals surface area (Å²) in [5.74, 6) is -0.913. The summed E-state index contributed by atoms with van der Waals surface area (Å²) >= 11 is 0. The molecule has 0 saturated heterocycles. The molecule has 1 aromatic rings. The highest BCUT2D eigenvalue weighted by molar-refractivity contribution is 6.00. The first kappa shape index (κ1) is 14.1. The first-order chi connectivity index (χ1) is 10.2. The van der Waals surface area contributed by atoms with Gasteiger partial charge in [0.05, 0.1) is 12.0 Å². The van der Waals surface area contributed by atoms with Crippen LogP contribution < -0.4 is 10.6 Å². The molecule has 0 unspecified atom stereocenters. The Morgan fingerprint density at radius 2 is 1.95 bits per heavy atom. The molecule has 2 aliphatic rings. The number of primary amides is 1. The quantitative estimate of drug-likeness (QED) is 0.914. The van der Waals surface area contributed by atoms with Crippen molar-refractivity contribution in [2.24, 2.45) is 5.73 Å². The molecule has 1 aromatic carbocycles. The van der Waals surface area contributed by atoms with Crippen molar-refractivity contribution in [2.45, 2.75) is 37.7 Å². The molecular formula is C16H20N2O3. The minimum absolute atomic E-state index is 0.0739. The lowest BCUT2D eigenvalue weighted by Crippen LogP contribution is -2.36. The first-order valence-corrected chi connectivity index (χ1v) is 7.47. The van der Waals surface area contributed by atoms with Crippen LogP contribution >= 0.6 is 0 Å². The van der Waals surface area contributed by atoms with Crippen molar-refractivity contribution in [1.29, 1.82) is 0 Å². The highest BCUT2D eigenvalue weighted by atomic mass is 16.5. The zero-order valence-electron chi connectivity index (χ0n) is 12.0. The van der Waals surface area contributed by atoms with E-state index in [0.29, 0.717) is 6.54 Å². The van der Waals surface area contributed by atoms with E-state index >= 15 is 0 Å². The summed E-state index contributed by atoms with van der Waals surface area (Å²) in [5.41, 5.74) is 7.05. The molecule has 0 bridgehead atoms. The zero-order chi connectivity index (χ0) is 14.8. The van der Waals surface area contributed by atoms with E-state index in [4.69, 9.17) is 10.5 Å². The Kier molecular flexibility index (Phi) is 3.92. The molecule has 2 N–H and O–H groups in total. The Morgan fingerprint density at radius 1 is 1.24 bits per heavy atom. The van der Waals surface area contributed by atoms with Crippen LogP contribution in [0, 0.1) is 0 Å². The number of hydrogen-bond acceptors (Lipinski definition) is 3. The molecule has 0 spiro atoms. The zero-order valence-corrected chi connectivity index (χ0v) is 12.0. The van der Waals surface area contributed by atoms with Crippen LogP contribution in [-0.2, 0) is 14.3 Å². The normalized spacial score (nSPS) is 21.5. The second kappa shape index (κ2) is 5.85. The number of para-hydroxylation sites is 1. The van der Waals surface area contributed by atoms with Crippen molar-refractivity contribution in [3.8, 4) is 0 Å². The van der Waals surface area contributed by atoms with Gasteiger partial charge in [-0.05, 0) is 24.5 Å². The number of nitrogens with zero attached hydrogens (tertiary/aromatic N) is 1. The van der Waals surface area contributed by atoms with E-state index in [2.05, 4.69) is 0 Å².